The molecule has 0 aromatic heterocycles. The van der Waals surface area contributed by atoms with Crippen LogP contribution < -0.4 is 5.32 Å². The van der Waals surface area contributed by atoms with Crippen LogP contribution in [0.3, 0.4) is 0 Å². The van der Waals surface area contributed by atoms with E-state index < -0.39 is 0 Å². The van der Waals surface area contributed by atoms with Crippen LogP contribution in [0.4, 0.5) is 0 Å². The molecule has 4 nitrogen and oxygen atoms in total. The zero-order chi connectivity index (χ0) is 8.97. The summed E-state index contributed by atoms with van der Waals surface area (Å²) < 4.78 is 0. The minimum Gasteiger partial charge on any atom is -0.395 e. The van der Waals surface area contributed by atoms with E-state index in [0.29, 0.717) is 19.5 Å². The second kappa shape index (κ2) is 4.42. The fourth-order valence-electron chi connectivity index (χ4n) is 1.40. The molecule has 1 heterocycles. The Morgan fingerprint density at radius 2 is 2.50 bits per heavy atom. The van der Waals surface area contributed by atoms with Crippen LogP contribution in [0.25, 0.3) is 0 Å². The first kappa shape index (κ1) is 9.48. The van der Waals surface area contributed by atoms with Gasteiger partial charge in [0, 0.05) is 32.1 Å². The van der Waals surface area contributed by atoms with Crippen molar-refractivity contribution in [1.82, 2.24) is 10.2 Å². The minimum atomic E-state index is 0.0522. The van der Waals surface area contributed by atoms with Gasteiger partial charge in [-0.2, -0.15) is 0 Å². The van der Waals surface area contributed by atoms with Crippen LogP contribution in [0, 0.1) is 0 Å². The van der Waals surface area contributed by atoms with Crippen LogP contribution in [0.15, 0.2) is 0 Å². The van der Waals surface area contributed by atoms with Gasteiger partial charge in [-0.05, 0) is 6.92 Å². The van der Waals surface area contributed by atoms with Crippen molar-refractivity contribution in [3.05, 3.63) is 0 Å². The van der Waals surface area contributed by atoms with E-state index in [1.807, 2.05) is 6.92 Å². The number of likely N-dealkylation sites (N-methyl/N-ethyl adjacent to an activating group) is 1. The summed E-state index contributed by atoms with van der Waals surface area (Å²) >= 11 is 0. The predicted molar refractivity (Wildman–Crippen MR) is 45.7 cm³/mol. The molecule has 1 saturated heterocycles. The van der Waals surface area contributed by atoms with Crippen molar-refractivity contribution >= 4 is 5.91 Å². The van der Waals surface area contributed by atoms with Gasteiger partial charge in [0.1, 0.15) is 0 Å². The first-order chi connectivity index (χ1) is 5.77. The van der Waals surface area contributed by atoms with Gasteiger partial charge in [0.2, 0.25) is 5.91 Å². The van der Waals surface area contributed by atoms with Crippen LogP contribution in [0.5, 0.6) is 0 Å². The largest absolute Gasteiger partial charge is 0.395 e. The van der Waals surface area contributed by atoms with Crippen molar-refractivity contribution in [2.75, 3.05) is 26.2 Å². The highest BCUT2D eigenvalue weighted by Gasteiger charge is 2.20. The normalized spacial score (nSPS) is 25.7. The minimum absolute atomic E-state index is 0.0522. The van der Waals surface area contributed by atoms with E-state index in [-0.39, 0.29) is 18.6 Å². The van der Waals surface area contributed by atoms with E-state index >= 15 is 0 Å². The molecule has 0 aliphatic carbocycles. The third kappa shape index (κ3) is 2.19. The lowest BCUT2D eigenvalue weighted by Gasteiger charge is -2.21. The second-order valence-corrected chi connectivity index (χ2v) is 3.02. The molecule has 1 amide bonds. The number of carbonyl (C=O) groups is 1. The van der Waals surface area contributed by atoms with Gasteiger partial charge in [0.15, 0.2) is 0 Å². The molecule has 1 aliphatic rings. The average molecular weight is 172 g/mol. The smallest absolute Gasteiger partial charge is 0.223 e. The van der Waals surface area contributed by atoms with Gasteiger partial charge >= 0.3 is 0 Å². The van der Waals surface area contributed by atoms with Crippen LogP contribution >= 0.6 is 0 Å². The number of hydrogen-bond donors (Lipinski definition) is 2. The number of aliphatic hydroxyl groups excluding tert-OH is 1. The zero-order valence-corrected chi connectivity index (χ0v) is 7.42. The van der Waals surface area contributed by atoms with Crippen molar-refractivity contribution in [1.29, 1.82) is 0 Å². The number of nitrogens with one attached hydrogen (secondary N) is 1. The van der Waals surface area contributed by atoms with Gasteiger partial charge in [-0.25, -0.2) is 0 Å². The van der Waals surface area contributed by atoms with Crippen LogP contribution in [0.2, 0.25) is 0 Å². The van der Waals surface area contributed by atoms with Crippen molar-refractivity contribution in [3.63, 3.8) is 0 Å². The molecule has 2 N–H and O–H groups in total. The van der Waals surface area contributed by atoms with Gasteiger partial charge in [-0.3, -0.25) is 4.79 Å². The molecule has 0 radical (unpaired) electrons. The molecule has 1 atom stereocenters. The van der Waals surface area contributed by atoms with Crippen LogP contribution in [0.1, 0.15) is 13.3 Å². The molecule has 12 heavy (non-hydrogen) atoms. The molecular weight excluding hydrogens is 156 g/mol. The first-order valence-electron chi connectivity index (χ1n) is 4.40. The Balaban J connectivity index is 2.52. The van der Waals surface area contributed by atoms with Gasteiger partial charge in [0.05, 0.1) is 6.61 Å². The van der Waals surface area contributed by atoms with E-state index in [2.05, 4.69) is 5.32 Å². The summed E-state index contributed by atoms with van der Waals surface area (Å²) in [5.41, 5.74) is 0. The Morgan fingerprint density at radius 3 is 3.08 bits per heavy atom. The highest BCUT2D eigenvalue weighted by atomic mass is 16.3. The van der Waals surface area contributed by atoms with E-state index in [0.717, 1.165) is 6.54 Å². The molecule has 0 bridgehead atoms. The van der Waals surface area contributed by atoms with E-state index in [9.17, 15) is 4.79 Å². The van der Waals surface area contributed by atoms with Gasteiger partial charge in [-0.15, -0.1) is 0 Å². The molecule has 1 rings (SSSR count). The lowest BCUT2D eigenvalue weighted by Crippen LogP contribution is -2.41. The maximum Gasteiger partial charge on any atom is 0.223 e. The number of nitrogens with zero attached hydrogens (tertiary/aromatic N) is 1. The van der Waals surface area contributed by atoms with Gasteiger partial charge in [-0.1, -0.05) is 0 Å². The first-order valence-corrected chi connectivity index (χ1v) is 4.40. The lowest BCUT2D eigenvalue weighted by atomic mass is 10.3. The Labute approximate surface area is 72.6 Å². The monoisotopic (exact) mass is 172 g/mol. The topological polar surface area (TPSA) is 52.6 Å². The molecule has 70 valence electrons. The standard InChI is InChI=1S/C8H16N2O2/c1-2-10-5-7(6-11)9-4-3-8(10)12/h7,9,11H,2-6H2,1H3/t7-/m0/s1. The molecule has 1 aliphatic heterocycles. The summed E-state index contributed by atoms with van der Waals surface area (Å²) in [5.74, 6) is 0.181. The highest BCUT2D eigenvalue weighted by molar-refractivity contribution is 5.76. The summed E-state index contributed by atoms with van der Waals surface area (Å²) in [5, 5.41) is 12.0. The lowest BCUT2D eigenvalue weighted by molar-refractivity contribution is -0.130. The predicted octanol–water partition coefficient (Wildman–Crippen LogP) is -0.811. The van der Waals surface area contributed by atoms with E-state index in [1.54, 1.807) is 4.90 Å². The number of rotatable bonds is 2. The molecule has 1 fully saturated rings. The summed E-state index contributed by atoms with van der Waals surface area (Å²) in [6.07, 6.45) is 0.546. The summed E-state index contributed by atoms with van der Waals surface area (Å²) in [4.78, 5) is 13.1. The molecule has 0 unspecified atom stereocenters. The van der Waals surface area contributed by atoms with Crippen molar-refractivity contribution in [2.24, 2.45) is 0 Å². The molecule has 0 saturated carbocycles. The Bertz CT molecular complexity index is 161. The summed E-state index contributed by atoms with van der Waals surface area (Å²) in [6, 6.07) is 0.0522. The second-order valence-electron chi connectivity index (χ2n) is 3.02. The van der Waals surface area contributed by atoms with Crippen LogP contribution in [-0.4, -0.2) is 48.2 Å². The summed E-state index contributed by atoms with van der Waals surface area (Å²) in [6.45, 7) is 4.10. The SMILES string of the molecule is CCN1C[C@@H](CO)NCCC1=O. The third-order valence-corrected chi connectivity index (χ3v) is 2.17. The van der Waals surface area contributed by atoms with Gasteiger partial charge in [0.25, 0.3) is 0 Å². The maximum absolute atomic E-state index is 11.3. The van der Waals surface area contributed by atoms with E-state index in [1.165, 1.54) is 0 Å². The quantitative estimate of drug-likeness (QED) is 0.573. The maximum atomic E-state index is 11.3. The fourth-order valence-corrected chi connectivity index (χ4v) is 1.40. The van der Waals surface area contributed by atoms with Gasteiger partial charge < -0.3 is 15.3 Å². The Hall–Kier alpha value is -0.610. The Morgan fingerprint density at radius 1 is 1.75 bits per heavy atom. The van der Waals surface area contributed by atoms with Crippen molar-refractivity contribution < 1.29 is 9.90 Å². The average Bonchev–Trinajstić information content (AvgIpc) is 2.27. The molecule has 0 spiro atoms. The fraction of sp³-hybridized carbons (Fsp3) is 0.875. The van der Waals surface area contributed by atoms with Crippen molar-refractivity contribution in [3.8, 4) is 0 Å². The van der Waals surface area contributed by atoms with E-state index in [4.69, 9.17) is 5.11 Å². The third-order valence-electron chi connectivity index (χ3n) is 2.17. The zero-order valence-electron chi connectivity index (χ0n) is 7.42. The van der Waals surface area contributed by atoms with Crippen molar-refractivity contribution in [2.45, 2.75) is 19.4 Å². The highest BCUT2D eigenvalue weighted by Crippen LogP contribution is 2.01. The number of carbonyl (C=O) groups excluding carboxylic acids is 1. The number of amides is 1. The molecule has 0 aromatic rings. The summed E-state index contributed by atoms with van der Waals surface area (Å²) in [7, 11) is 0. The Kier molecular flexibility index (Phi) is 3.49. The number of aliphatic hydroxyl groups is 1. The van der Waals surface area contributed by atoms with Crippen LogP contribution in [-0.2, 0) is 4.79 Å². The molecule has 4 heteroatoms. The molecule has 0 aromatic carbocycles. The number of hydrogen-bond acceptors (Lipinski definition) is 3. The molecular formula is C8H16N2O2.